The fraction of sp³-hybridized carbons (Fsp3) is 0.0526. The average molecular weight is 350 g/mol. The smallest absolute Gasteiger partial charge is 0.243 e. The predicted octanol–water partition coefficient (Wildman–Crippen LogP) is 5.09. The van der Waals surface area contributed by atoms with Crippen LogP contribution in [0.5, 0.6) is 0 Å². The number of thiophene rings is 1. The number of carbonyl (C=O) groups excluding carboxylic acids is 1. The maximum absolute atomic E-state index is 12.8. The van der Waals surface area contributed by atoms with Gasteiger partial charge < -0.3 is 5.32 Å². The number of hydrogen-bond acceptors (Lipinski definition) is 4. The van der Waals surface area contributed by atoms with Crippen molar-refractivity contribution in [1.82, 2.24) is 0 Å². The highest BCUT2D eigenvalue weighted by Gasteiger charge is 2.23. The first-order chi connectivity index (χ1) is 11.8. The summed E-state index contributed by atoms with van der Waals surface area (Å²) < 4.78 is 0. The van der Waals surface area contributed by atoms with E-state index in [1.54, 1.807) is 11.4 Å². The minimum atomic E-state index is -0.387. The zero-order valence-corrected chi connectivity index (χ0v) is 14.3. The van der Waals surface area contributed by atoms with Crippen LogP contribution < -0.4 is 5.32 Å². The first-order valence-electron chi connectivity index (χ1n) is 7.33. The zero-order chi connectivity index (χ0) is 16.8. The molecule has 1 heterocycles. The summed E-state index contributed by atoms with van der Waals surface area (Å²) in [5.41, 5.74) is 1.42. The van der Waals surface area contributed by atoms with Crippen LogP contribution in [0.1, 0.15) is 16.4 Å². The van der Waals surface area contributed by atoms with Crippen molar-refractivity contribution in [3.63, 3.8) is 0 Å². The second kappa shape index (κ2) is 7.82. The van der Waals surface area contributed by atoms with Crippen LogP contribution in [-0.2, 0) is 4.79 Å². The number of thioether (sulfide) groups is 1. The van der Waals surface area contributed by atoms with E-state index in [-0.39, 0.29) is 11.2 Å². The molecule has 0 aliphatic heterocycles. The van der Waals surface area contributed by atoms with Crippen LogP contribution in [0.25, 0.3) is 0 Å². The molecule has 0 radical (unpaired) electrons. The molecule has 1 atom stereocenters. The number of nitrogens with zero attached hydrogens (tertiary/aromatic N) is 1. The van der Waals surface area contributed by atoms with E-state index in [0.29, 0.717) is 10.6 Å². The van der Waals surface area contributed by atoms with Gasteiger partial charge in [-0.05, 0) is 29.1 Å². The summed E-state index contributed by atoms with van der Waals surface area (Å²) in [4.78, 5) is 13.9. The molecule has 1 amide bonds. The lowest BCUT2D eigenvalue weighted by molar-refractivity contribution is -0.115. The first-order valence-corrected chi connectivity index (χ1v) is 9.09. The van der Waals surface area contributed by atoms with Crippen LogP contribution in [0.2, 0.25) is 0 Å². The van der Waals surface area contributed by atoms with Crippen LogP contribution in [0, 0.1) is 11.3 Å². The number of hydrogen-bond donors (Lipinski definition) is 1. The van der Waals surface area contributed by atoms with Crippen molar-refractivity contribution in [1.29, 1.82) is 5.26 Å². The summed E-state index contributed by atoms with van der Waals surface area (Å²) in [5, 5.41) is 14.0. The molecule has 3 aromatic rings. The van der Waals surface area contributed by atoms with E-state index in [1.807, 2.05) is 60.7 Å². The molecular formula is C19H14N2OS2. The molecule has 118 valence electrons. The predicted molar refractivity (Wildman–Crippen MR) is 99.1 cm³/mol. The summed E-state index contributed by atoms with van der Waals surface area (Å²) in [6.45, 7) is 0. The molecule has 3 rings (SSSR count). The van der Waals surface area contributed by atoms with E-state index >= 15 is 0 Å². The van der Waals surface area contributed by atoms with Gasteiger partial charge in [0.15, 0.2) is 0 Å². The molecule has 3 nitrogen and oxygen atoms in total. The molecule has 0 aliphatic rings. The normalized spacial score (nSPS) is 11.5. The first kappa shape index (κ1) is 16.3. The third kappa shape index (κ3) is 3.85. The Kier molecular flexibility index (Phi) is 5.32. The molecule has 24 heavy (non-hydrogen) atoms. The van der Waals surface area contributed by atoms with Gasteiger partial charge in [0.25, 0.3) is 0 Å². The molecule has 0 bridgehead atoms. The van der Waals surface area contributed by atoms with Crippen LogP contribution in [-0.4, -0.2) is 5.91 Å². The molecule has 2 aromatic carbocycles. The van der Waals surface area contributed by atoms with Gasteiger partial charge in [0.05, 0.1) is 5.56 Å². The molecule has 5 heteroatoms. The lowest BCUT2D eigenvalue weighted by Gasteiger charge is -2.16. The second-order valence-electron chi connectivity index (χ2n) is 4.99. The number of benzene rings is 2. The topological polar surface area (TPSA) is 52.9 Å². The highest BCUT2D eigenvalue weighted by molar-refractivity contribution is 8.00. The highest BCUT2D eigenvalue weighted by atomic mass is 32.2. The summed E-state index contributed by atoms with van der Waals surface area (Å²) in [7, 11) is 0. The van der Waals surface area contributed by atoms with Crippen molar-refractivity contribution in [2.45, 2.75) is 10.1 Å². The van der Waals surface area contributed by atoms with E-state index in [0.717, 1.165) is 10.5 Å². The Morgan fingerprint density at radius 1 is 1.04 bits per heavy atom. The van der Waals surface area contributed by atoms with E-state index in [4.69, 9.17) is 5.26 Å². The van der Waals surface area contributed by atoms with E-state index in [2.05, 4.69) is 11.4 Å². The van der Waals surface area contributed by atoms with Crippen LogP contribution in [0.3, 0.4) is 0 Å². The lowest BCUT2D eigenvalue weighted by Crippen LogP contribution is -2.18. The Morgan fingerprint density at radius 3 is 2.38 bits per heavy atom. The Hall–Kier alpha value is -2.55. The minimum absolute atomic E-state index is 0.131. The largest absolute Gasteiger partial charge is 0.315 e. The lowest BCUT2D eigenvalue weighted by atomic mass is 10.1. The second-order valence-corrected chi connectivity index (χ2v) is 7.08. The van der Waals surface area contributed by atoms with Gasteiger partial charge in [0.1, 0.15) is 16.3 Å². The third-order valence-electron chi connectivity index (χ3n) is 3.36. The quantitative estimate of drug-likeness (QED) is 0.652. The van der Waals surface area contributed by atoms with Crippen molar-refractivity contribution in [2.75, 3.05) is 5.32 Å². The molecule has 0 aliphatic carbocycles. The third-order valence-corrected chi connectivity index (χ3v) is 5.46. The maximum atomic E-state index is 12.8. The Labute approximate surface area is 149 Å². The van der Waals surface area contributed by atoms with Crippen LogP contribution in [0.4, 0.5) is 5.00 Å². The standard InChI is InChI=1S/C19H14N2OS2/c20-13-15-11-12-23-19(15)21-18(22)17(14-7-3-1-4-8-14)24-16-9-5-2-6-10-16/h1-12,17H,(H,21,22)/t17-/m1/s1. The van der Waals surface area contributed by atoms with Gasteiger partial charge in [-0.3, -0.25) is 4.79 Å². The van der Waals surface area contributed by atoms with Gasteiger partial charge in [-0.15, -0.1) is 23.1 Å². The highest BCUT2D eigenvalue weighted by Crippen LogP contribution is 2.36. The van der Waals surface area contributed by atoms with Gasteiger partial charge in [0.2, 0.25) is 5.91 Å². The van der Waals surface area contributed by atoms with Gasteiger partial charge in [0, 0.05) is 4.90 Å². The zero-order valence-electron chi connectivity index (χ0n) is 12.7. The van der Waals surface area contributed by atoms with E-state index in [9.17, 15) is 4.79 Å². The molecule has 0 saturated heterocycles. The number of nitriles is 1. The molecule has 0 fully saturated rings. The van der Waals surface area contributed by atoms with Crippen molar-refractivity contribution in [3.05, 3.63) is 83.2 Å². The van der Waals surface area contributed by atoms with Gasteiger partial charge in [-0.1, -0.05) is 48.5 Å². The Bertz CT molecular complexity index is 854. The SMILES string of the molecule is N#Cc1ccsc1NC(=O)[C@H](Sc1ccccc1)c1ccccc1. The number of anilines is 1. The fourth-order valence-corrected chi connectivity index (χ4v) is 3.99. The van der Waals surface area contributed by atoms with Crippen molar-refractivity contribution >= 4 is 34.0 Å². The molecule has 0 spiro atoms. The number of rotatable bonds is 5. The van der Waals surface area contributed by atoms with Crippen LogP contribution >= 0.6 is 23.1 Å². The molecule has 1 N–H and O–H groups in total. The minimum Gasteiger partial charge on any atom is -0.315 e. The Balaban J connectivity index is 1.87. The van der Waals surface area contributed by atoms with Gasteiger partial charge in [-0.2, -0.15) is 5.26 Å². The van der Waals surface area contributed by atoms with Gasteiger partial charge in [-0.25, -0.2) is 0 Å². The monoisotopic (exact) mass is 350 g/mol. The number of nitrogens with one attached hydrogen (secondary N) is 1. The summed E-state index contributed by atoms with van der Waals surface area (Å²) in [6, 6.07) is 23.3. The van der Waals surface area contributed by atoms with Crippen molar-refractivity contribution < 1.29 is 4.79 Å². The van der Waals surface area contributed by atoms with Gasteiger partial charge >= 0.3 is 0 Å². The van der Waals surface area contributed by atoms with E-state index < -0.39 is 0 Å². The average Bonchev–Trinajstić information content (AvgIpc) is 3.08. The number of amides is 1. The molecule has 0 saturated carbocycles. The Morgan fingerprint density at radius 2 is 1.71 bits per heavy atom. The maximum Gasteiger partial charge on any atom is 0.243 e. The van der Waals surface area contributed by atoms with E-state index in [1.165, 1.54) is 23.1 Å². The summed E-state index contributed by atoms with van der Waals surface area (Å²) in [6.07, 6.45) is 0. The van der Waals surface area contributed by atoms with Crippen LogP contribution in [0.15, 0.2) is 77.0 Å². The van der Waals surface area contributed by atoms with Crippen molar-refractivity contribution in [2.24, 2.45) is 0 Å². The summed E-state index contributed by atoms with van der Waals surface area (Å²) >= 11 is 2.85. The molecule has 1 aromatic heterocycles. The number of carbonyl (C=O) groups is 1. The van der Waals surface area contributed by atoms with Crippen molar-refractivity contribution in [3.8, 4) is 6.07 Å². The fourth-order valence-electron chi connectivity index (χ4n) is 2.21. The molecule has 0 unspecified atom stereocenters. The molecular weight excluding hydrogens is 336 g/mol. The summed E-state index contributed by atoms with van der Waals surface area (Å²) in [5.74, 6) is -0.131.